The fourth-order valence-electron chi connectivity index (χ4n) is 2.29. The Hall–Kier alpha value is -1.58. The first kappa shape index (κ1) is 22.5. The zero-order valence-corrected chi connectivity index (χ0v) is 17.2. The van der Waals surface area contributed by atoms with E-state index in [4.69, 9.17) is 14.3 Å². The van der Waals surface area contributed by atoms with Crippen molar-refractivity contribution in [2.45, 2.75) is 12.8 Å². The van der Waals surface area contributed by atoms with E-state index in [0.717, 1.165) is 37.7 Å². The fourth-order valence-corrected chi connectivity index (χ4v) is 2.29. The molecule has 1 aromatic heterocycles. The molecule has 0 atom stereocenters. The Morgan fingerprint density at radius 1 is 1.00 bits per heavy atom. The summed E-state index contributed by atoms with van der Waals surface area (Å²) in [6, 6.07) is 14.2. The number of ether oxygens (including phenoxy) is 1. The summed E-state index contributed by atoms with van der Waals surface area (Å²) >= 11 is 0. The van der Waals surface area contributed by atoms with Crippen LogP contribution >= 0.6 is 24.0 Å². The van der Waals surface area contributed by atoms with Gasteiger partial charge >= 0.3 is 0 Å². The van der Waals surface area contributed by atoms with Crippen molar-refractivity contribution in [1.29, 1.82) is 0 Å². The van der Waals surface area contributed by atoms with Crippen LogP contribution in [-0.2, 0) is 17.6 Å². The van der Waals surface area contributed by atoms with Gasteiger partial charge in [-0.1, -0.05) is 30.3 Å². The smallest absolute Gasteiger partial charge is 0.191 e. The van der Waals surface area contributed by atoms with Gasteiger partial charge in [0, 0.05) is 19.5 Å². The molecule has 0 amide bonds. The minimum absolute atomic E-state index is 0. The Bertz CT molecular complexity index is 591. The van der Waals surface area contributed by atoms with Crippen LogP contribution in [0.15, 0.2) is 58.1 Å². The molecule has 0 aliphatic heterocycles. The Morgan fingerprint density at radius 3 is 2.46 bits per heavy atom. The van der Waals surface area contributed by atoms with Gasteiger partial charge in [-0.3, -0.25) is 4.99 Å². The average molecular weight is 473 g/mol. The van der Waals surface area contributed by atoms with Crippen LogP contribution in [0, 0.1) is 0 Å². The molecule has 0 radical (unpaired) electrons. The molecule has 0 spiro atoms. The van der Waals surface area contributed by atoms with Gasteiger partial charge in [-0.25, -0.2) is 0 Å². The van der Waals surface area contributed by atoms with E-state index in [0.29, 0.717) is 19.8 Å². The number of nitrogens with zero attached hydrogens (tertiary/aromatic N) is 1. The van der Waals surface area contributed by atoms with Crippen molar-refractivity contribution in [3.05, 3.63) is 60.1 Å². The molecular weight excluding hydrogens is 445 g/mol. The summed E-state index contributed by atoms with van der Waals surface area (Å²) < 4.78 is 10.6. The van der Waals surface area contributed by atoms with Gasteiger partial charge in [0.1, 0.15) is 5.76 Å². The quantitative estimate of drug-likeness (QED) is 0.202. The van der Waals surface area contributed by atoms with Crippen LogP contribution in [0.4, 0.5) is 0 Å². The lowest BCUT2D eigenvalue weighted by molar-refractivity contribution is 0.0977. The molecule has 26 heavy (non-hydrogen) atoms. The number of hydrogen-bond acceptors (Lipinski definition) is 4. The van der Waals surface area contributed by atoms with E-state index >= 15 is 0 Å². The number of rotatable bonds is 11. The topological polar surface area (TPSA) is 79.0 Å². The highest BCUT2D eigenvalue weighted by atomic mass is 127. The van der Waals surface area contributed by atoms with Gasteiger partial charge in [-0.15, -0.1) is 24.0 Å². The third-order valence-corrected chi connectivity index (χ3v) is 3.53. The number of aliphatic imine (C=N–C) groups is 1. The molecule has 3 N–H and O–H groups in total. The first-order valence-corrected chi connectivity index (χ1v) is 8.65. The van der Waals surface area contributed by atoms with Crippen LogP contribution in [0.5, 0.6) is 0 Å². The minimum Gasteiger partial charge on any atom is -0.469 e. The molecule has 144 valence electrons. The third kappa shape index (κ3) is 9.79. The number of guanidine groups is 1. The average Bonchev–Trinajstić information content (AvgIpc) is 3.15. The second-order valence-electron chi connectivity index (χ2n) is 5.48. The van der Waals surface area contributed by atoms with Crippen molar-refractivity contribution in [3.8, 4) is 0 Å². The monoisotopic (exact) mass is 473 g/mol. The van der Waals surface area contributed by atoms with Crippen LogP contribution in [0.3, 0.4) is 0 Å². The molecule has 0 bridgehead atoms. The third-order valence-electron chi connectivity index (χ3n) is 3.53. The zero-order chi connectivity index (χ0) is 17.6. The molecule has 6 nitrogen and oxygen atoms in total. The maximum Gasteiger partial charge on any atom is 0.191 e. The summed E-state index contributed by atoms with van der Waals surface area (Å²) in [5, 5.41) is 15.4. The first-order chi connectivity index (χ1) is 12.4. The Labute approximate surface area is 172 Å². The maximum absolute atomic E-state index is 8.71. The minimum atomic E-state index is 0. The molecule has 0 aliphatic carbocycles. The van der Waals surface area contributed by atoms with E-state index in [1.165, 1.54) is 5.56 Å². The number of furan rings is 1. The molecule has 0 fully saturated rings. The molecule has 0 saturated carbocycles. The van der Waals surface area contributed by atoms with E-state index in [2.05, 4.69) is 27.8 Å². The van der Waals surface area contributed by atoms with Gasteiger partial charge in [0.2, 0.25) is 0 Å². The normalized spacial score (nSPS) is 11.0. The summed E-state index contributed by atoms with van der Waals surface area (Å²) in [6.07, 6.45) is 3.41. The largest absolute Gasteiger partial charge is 0.469 e. The molecule has 0 unspecified atom stereocenters. The van der Waals surface area contributed by atoms with Crippen molar-refractivity contribution in [1.82, 2.24) is 10.6 Å². The lowest BCUT2D eigenvalue weighted by atomic mass is 10.1. The molecule has 2 aromatic rings. The number of halogens is 1. The van der Waals surface area contributed by atoms with E-state index in [-0.39, 0.29) is 30.6 Å². The van der Waals surface area contributed by atoms with Crippen molar-refractivity contribution in [2.24, 2.45) is 4.99 Å². The van der Waals surface area contributed by atoms with Crippen LogP contribution in [-0.4, -0.2) is 50.5 Å². The van der Waals surface area contributed by atoms with Gasteiger partial charge in [0.15, 0.2) is 5.96 Å². The van der Waals surface area contributed by atoms with Crippen LogP contribution in [0.25, 0.3) is 0 Å². The van der Waals surface area contributed by atoms with Crippen molar-refractivity contribution >= 4 is 29.9 Å². The molecule has 1 aromatic carbocycles. The Balaban J connectivity index is 0.00000338. The number of aliphatic hydroxyl groups is 1. The van der Waals surface area contributed by atoms with E-state index in [9.17, 15) is 0 Å². The number of hydrogen-bond donors (Lipinski definition) is 3. The fraction of sp³-hybridized carbons (Fsp3) is 0.421. The van der Waals surface area contributed by atoms with Crippen molar-refractivity contribution in [2.75, 3.05) is 39.5 Å². The van der Waals surface area contributed by atoms with E-state index in [1.54, 1.807) is 6.26 Å². The second-order valence-corrected chi connectivity index (χ2v) is 5.48. The van der Waals surface area contributed by atoms with Crippen molar-refractivity contribution < 1.29 is 14.3 Å². The number of aliphatic hydroxyl groups excluding tert-OH is 1. The highest BCUT2D eigenvalue weighted by molar-refractivity contribution is 14.0. The van der Waals surface area contributed by atoms with E-state index in [1.807, 2.05) is 30.3 Å². The Kier molecular flexibility index (Phi) is 12.6. The van der Waals surface area contributed by atoms with Gasteiger partial charge in [-0.05, 0) is 24.1 Å². The summed E-state index contributed by atoms with van der Waals surface area (Å²) in [6.45, 7) is 2.95. The van der Waals surface area contributed by atoms with E-state index < -0.39 is 0 Å². The SMILES string of the molecule is I.OCCOCCN=C(NCCc1ccccc1)NCCc1ccco1. The highest BCUT2D eigenvalue weighted by Crippen LogP contribution is 2.00. The van der Waals surface area contributed by atoms with Crippen LogP contribution in [0.1, 0.15) is 11.3 Å². The molecular formula is C19H28IN3O3. The molecule has 2 rings (SSSR count). The number of benzene rings is 1. The van der Waals surface area contributed by atoms with Gasteiger partial charge in [-0.2, -0.15) is 0 Å². The molecule has 0 aliphatic rings. The standard InChI is InChI=1S/C19H27N3O3.HI/c23-13-16-24-15-12-22-19(21-11-9-18-7-4-14-25-18)20-10-8-17-5-2-1-3-6-17;/h1-7,14,23H,8-13,15-16H2,(H2,20,21,22);1H. The number of nitrogens with one attached hydrogen (secondary N) is 2. The lowest BCUT2D eigenvalue weighted by Gasteiger charge is -2.12. The highest BCUT2D eigenvalue weighted by Gasteiger charge is 2.01. The summed E-state index contributed by atoms with van der Waals surface area (Å²) in [5.74, 6) is 1.71. The second kappa shape index (κ2) is 14.6. The lowest BCUT2D eigenvalue weighted by Crippen LogP contribution is -2.39. The summed E-state index contributed by atoms with van der Waals surface area (Å²) in [5.41, 5.74) is 1.29. The molecule has 7 heteroatoms. The van der Waals surface area contributed by atoms with Gasteiger partial charge < -0.3 is 24.9 Å². The van der Waals surface area contributed by atoms with Gasteiger partial charge in [0.05, 0.1) is 32.6 Å². The molecule has 0 saturated heterocycles. The zero-order valence-electron chi connectivity index (χ0n) is 14.9. The Morgan fingerprint density at radius 2 is 1.77 bits per heavy atom. The first-order valence-electron chi connectivity index (χ1n) is 8.65. The van der Waals surface area contributed by atoms with Crippen molar-refractivity contribution in [3.63, 3.8) is 0 Å². The van der Waals surface area contributed by atoms with Crippen LogP contribution in [0.2, 0.25) is 0 Å². The predicted molar refractivity (Wildman–Crippen MR) is 114 cm³/mol. The maximum atomic E-state index is 8.71. The summed E-state index contributed by atoms with van der Waals surface area (Å²) in [4.78, 5) is 4.50. The predicted octanol–water partition coefficient (Wildman–Crippen LogP) is 2.23. The summed E-state index contributed by atoms with van der Waals surface area (Å²) in [7, 11) is 0. The van der Waals surface area contributed by atoms with Crippen LogP contribution < -0.4 is 10.6 Å². The molecule has 1 heterocycles. The van der Waals surface area contributed by atoms with Gasteiger partial charge in [0.25, 0.3) is 0 Å².